The Hall–Kier alpha value is -2.82. The smallest absolute Gasteiger partial charge is 0.230 e. The highest BCUT2D eigenvalue weighted by atomic mass is 16.5. The van der Waals surface area contributed by atoms with Gasteiger partial charge in [-0.1, -0.05) is 32.0 Å². The van der Waals surface area contributed by atoms with Crippen LogP contribution >= 0.6 is 0 Å². The second kappa shape index (κ2) is 9.54. The summed E-state index contributed by atoms with van der Waals surface area (Å²) in [6.07, 6.45) is 3.41. The normalized spacial score (nSPS) is 13.6. The Balaban J connectivity index is 1.52. The number of carbonyl (C=O) groups excluding carboxylic acids is 2. The van der Waals surface area contributed by atoms with Crippen molar-refractivity contribution in [1.29, 1.82) is 0 Å². The lowest BCUT2D eigenvalue weighted by atomic mass is 9.87. The van der Waals surface area contributed by atoms with Crippen molar-refractivity contribution in [1.82, 2.24) is 0 Å². The Morgan fingerprint density at radius 2 is 1.71 bits per heavy atom. The van der Waals surface area contributed by atoms with E-state index in [4.69, 9.17) is 4.74 Å². The van der Waals surface area contributed by atoms with E-state index in [9.17, 15) is 9.59 Å². The summed E-state index contributed by atoms with van der Waals surface area (Å²) in [6.45, 7) is 10.5. The van der Waals surface area contributed by atoms with Crippen LogP contribution in [0.1, 0.15) is 56.2 Å². The van der Waals surface area contributed by atoms with E-state index in [1.807, 2.05) is 58.9 Å². The fraction of sp³-hybridized carbons (Fsp3) is 0.462. The molecule has 2 N–H and O–H groups in total. The van der Waals surface area contributed by atoms with Crippen LogP contribution in [0.2, 0.25) is 0 Å². The number of benzene rings is 2. The summed E-state index contributed by atoms with van der Waals surface area (Å²) in [4.78, 5) is 25.0. The van der Waals surface area contributed by atoms with E-state index in [0.717, 1.165) is 41.8 Å². The molecule has 31 heavy (non-hydrogen) atoms. The molecule has 0 heterocycles. The quantitative estimate of drug-likeness (QED) is 0.503. The molecule has 5 heteroatoms. The molecule has 1 saturated carbocycles. The van der Waals surface area contributed by atoms with Crippen molar-refractivity contribution in [2.45, 2.75) is 60.3 Å². The molecule has 0 unspecified atom stereocenters. The third kappa shape index (κ3) is 6.33. The van der Waals surface area contributed by atoms with Crippen LogP contribution in [0.15, 0.2) is 36.4 Å². The van der Waals surface area contributed by atoms with Crippen LogP contribution in [0.3, 0.4) is 0 Å². The molecule has 0 aromatic heterocycles. The van der Waals surface area contributed by atoms with E-state index in [0.29, 0.717) is 18.7 Å². The first-order valence-corrected chi connectivity index (χ1v) is 11.1. The van der Waals surface area contributed by atoms with Crippen LogP contribution in [-0.4, -0.2) is 18.4 Å². The molecular formula is C26H34N2O3. The SMILES string of the molecule is Cc1ccc(C)c(OCCCC(C)(C)C(=O)Nc2ccc(C)c(NC(=O)C3CC3)c2)c1. The standard InChI is InChI=1S/C26H34N2O3/c1-17-7-8-19(3)23(15-17)31-14-6-13-26(4,5)25(30)27-21-12-9-18(2)22(16-21)28-24(29)20-10-11-20/h7-9,12,15-16,20H,6,10-11,13-14H2,1-5H3,(H,27,30)(H,28,29). The molecule has 2 amide bonds. The lowest BCUT2D eigenvalue weighted by Crippen LogP contribution is -2.31. The number of carbonyl (C=O) groups is 2. The number of aryl methyl sites for hydroxylation is 3. The Morgan fingerprint density at radius 3 is 2.42 bits per heavy atom. The highest BCUT2D eigenvalue weighted by Gasteiger charge is 2.30. The maximum absolute atomic E-state index is 12.9. The van der Waals surface area contributed by atoms with Crippen LogP contribution in [0.25, 0.3) is 0 Å². The summed E-state index contributed by atoms with van der Waals surface area (Å²) in [5.74, 6) is 1.07. The average molecular weight is 423 g/mol. The van der Waals surface area contributed by atoms with Gasteiger partial charge in [-0.25, -0.2) is 0 Å². The van der Waals surface area contributed by atoms with Crippen LogP contribution in [-0.2, 0) is 9.59 Å². The predicted octanol–water partition coefficient (Wildman–Crippen LogP) is 5.78. The third-order valence-corrected chi connectivity index (χ3v) is 5.86. The molecule has 0 aliphatic heterocycles. The zero-order valence-electron chi connectivity index (χ0n) is 19.3. The van der Waals surface area contributed by atoms with Gasteiger partial charge in [-0.05, 0) is 81.3 Å². The summed E-state index contributed by atoms with van der Waals surface area (Å²) in [5, 5.41) is 6.00. The molecule has 5 nitrogen and oxygen atoms in total. The van der Waals surface area contributed by atoms with Crippen molar-refractivity contribution >= 4 is 23.2 Å². The number of hydrogen-bond acceptors (Lipinski definition) is 3. The van der Waals surface area contributed by atoms with Crippen molar-refractivity contribution in [3.63, 3.8) is 0 Å². The number of amides is 2. The molecule has 0 spiro atoms. The molecule has 1 aliphatic carbocycles. The first kappa shape index (κ1) is 22.9. The van der Waals surface area contributed by atoms with Crippen LogP contribution in [0, 0.1) is 32.1 Å². The monoisotopic (exact) mass is 422 g/mol. The molecule has 1 fully saturated rings. The Kier molecular flexibility index (Phi) is 7.04. The van der Waals surface area contributed by atoms with Gasteiger partial charge in [0, 0.05) is 22.7 Å². The number of rotatable bonds is 9. The summed E-state index contributed by atoms with van der Waals surface area (Å²) in [5.41, 5.74) is 4.19. The molecule has 2 aromatic carbocycles. The number of nitrogens with one attached hydrogen (secondary N) is 2. The highest BCUT2D eigenvalue weighted by molar-refractivity contribution is 5.98. The molecule has 0 radical (unpaired) electrons. The molecule has 3 rings (SSSR count). The van der Waals surface area contributed by atoms with E-state index in [-0.39, 0.29) is 17.7 Å². The van der Waals surface area contributed by atoms with E-state index in [1.54, 1.807) is 0 Å². The number of ether oxygens (including phenoxy) is 1. The van der Waals surface area contributed by atoms with E-state index < -0.39 is 5.41 Å². The summed E-state index contributed by atoms with van der Waals surface area (Å²) < 4.78 is 5.93. The largest absolute Gasteiger partial charge is 0.493 e. The van der Waals surface area contributed by atoms with Crippen molar-refractivity contribution in [2.24, 2.45) is 11.3 Å². The van der Waals surface area contributed by atoms with Gasteiger partial charge in [-0.3, -0.25) is 9.59 Å². The predicted molar refractivity (Wildman–Crippen MR) is 126 cm³/mol. The minimum absolute atomic E-state index is 0.0393. The van der Waals surface area contributed by atoms with Crippen LogP contribution in [0.5, 0.6) is 5.75 Å². The van der Waals surface area contributed by atoms with Gasteiger partial charge < -0.3 is 15.4 Å². The maximum Gasteiger partial charge on any atom is 0.230 e. The third-order valence-electron chi connectivity index (χ3n) is 5.86. The van der Waals surface area contributed by atoms with Gasteiger partial charge in [0.25, 0.3) is 0 Å². The van der Waals surface area contributed by atoms with Gasteiger partial charge in [0.05, 0.1) is 6.61 Å². The lowest BCUT2D eigenvalue weighted by Gasteiger charge is -2.24. The first-order valence-electron chi connectivity index (χ1n) is 11.1. The molecule has 2 aromatic rings. The van der Waals surface area contributed by atoms with E-state index in [2.05, 4.69) is 22.8 Å². The number of anilines is 2. The first-order chi connectivity index (χ1) is 14.7. The molecule has 0 bridgehead atoms. The molecule has 166 valence electrons. The van der Waals surface area contributed by atoms with Crippen molar-refractivity contribution in [3.8, 4) is 5.75 Å². The van der Waals surface area contributed by atoms with Crippen molar-refractivity contribution < 1.29 is 14.3 Å². The zero-order chi connectivity index (χ0) is 22.6. The van der Waals surface area contributed by atoms with Gasteiger partial charge in [0.2, 0.25) is 11.8 Å². The Morgan fingerprint density at radius 1 is 1.00 bits per heavy atom. The van der Waals surface area contributed by atoms with Gasteiger partial charge in [-0.15, -0.1) is 0 Å². The summed E-state index contributed by atoms with van der Waals surface area (Å²) >= 11 is 0. The summed E-state index contributed by atoms with van der Waals surface area (Å²) in [7, 11) is 0. The molecule has 0 atom stereocenters. The highest BCUT2D eigenvalue weighted by Crippen LogP contribution is 2.32. The topological polar surface area (TPSA) is 67.4 Å². The zero-order valence-corrected chi connectivity index (χ0v) is 19.3. The van der Waals surface area contributed by atoms with Crippen LogP contribution < -0.4 is 15.4 Å². The average Bonchev–Trinajstić information content (AvgIpc) is 3.55. The van der Waals surface area contributed by atoms with Crippen molar-refractivity contribution in [2.75, 3.05) is 17.2 Å². The number of hydrogen-bond donors (Lipinski definition) is 2. The van der Waals surface area contributed by atoms with Gasteiger partial charge in [-0.2, -0.15) is 0 Å². The van der Waals surface area contributed by atoms with Gasteiger partial charge >= 0.3 is 0 Å². The lowest BCUT2D eigenvalue weighted by molar-refractivity contribution is -0.124. The Labute approximate surface area is 185 Å². The molecule has 1 aliphatic rings. The second-order valence-corrected chi connectivity index (χ2v) is 9.35. The fourth-order valence-electron chi connectivity index (χ4n) is 3.39. The molecular weight excluding hydrogens is 388 g/mol. The minimum atomic E-state index is -0.534. The van der Waals surface area contributed by atoms with Gasteiger partial charge in [0.15, 0.2) is 0 Å². The maximum atomic E-state index is 12.9. The minimum Gasteiger partial charge on any atom is -0.493 e. The summed E-state index contributed by atoms with van der Waals surface area (Å²) in [6, 6.07) is 11.8. The van der Waals surface area contributed by atoms with E-state index in [1.165, 1.54) is 5.56 Å². The van der Waals surface area contributed by atoms with Crippen molar-refractivity contribution in [3.05, 3.63) is 53.1 Å². The van der Waals surface area contributed by atoms with Gasteiger partial charge in [0.1, 0.15) is 5.75 Å². The molecule has 0 saturated heterocycles. The second-order valence-electron chi connectivity index (χ2n) is 9.35. The van der Waals surface area contributed by atoms with Crippen LogP contribution in [0.4, 0.5) is 11.4 Å². The fourth-order valence-corrected chi connectivity index (χ4v) is 3.39. The van der Waals surface area contributed by atoms with E-state index >= 15 is 0 Å². The Bertz CT molecular complexity index is 961.